The van der Waals surface area contributed by atoms with E-state index >= 15 is 0 Å². The van der Waals surface area contributed by atoms with Crippen LogP contribution in [0.5, 0.6) is 0 Å². The summed E-state index contributed by atoms with van der Waals surface area (Å²) in [6.07, 6.45) is 1.47. The second-order valence-corrected chi connectivity index (χ2v) is 9.42. The summed E-state index contributed by atoms with van der Waals surface area (Å²) < 4.78 is 10.9. The highest BCUT2D eigenvalue weighted by molar-refractivity contribution is 8.00. The summed E-state index contributed by atoms with van der Waals surface area (Å²) >= 11 is 13.6. The number of β-lactam (4-membered cyclic amide) rings is 1. The highest BCUT2D eigenvalue weighted by atomic mass is 35.5. The first-order valence-electron chi connectivity index (χ1n) is 9.88. The molecule has 1 saturated heterocycles. The van der Waals surface area contributed by atoms with E-state index in [1.807, 2.05) is 13.0 Å². The standard InChI is InChI=1S/C21H23Cl2NO6S/c1-3-4-7-29-18-19(26)24-17(21(27)28)13(10-30-11(2)25)16(31-20(18)24)9-12-5-6-14(22)15(23)8-12/h5-6,8,16,18,20H,3-4,7,9-10H2,1-2H3,(H,27,28)/t16?,18-,20+/m0/s1. The zero-order valence-corrected chi connectivity index (χ0v) is 19.4. The fourth-order valence-corrected chi connectivity index (χ4v) is 5.46. The predicted molar refractivity (Wildman–Crippen MR) is 118 cm³/mol. The van der Waals surface area contributed by atoms with E-state index in [0.29, 0.717) is 28.6 Å². The van der Waals surface area contributed by atoms with Crippen molar-refractivity contribution in [3.63, 3.8) is 0 Å². The minimum atomic E-state index is -1.24. The molecule has 0 spiro atoms. The second-order valence-electron chi connectivity index (χ2n) is 7.28. The fraction of sp³-hybridized carbons (Fsp3) is 0.476. The predicted octanol–water partition coefficient (Wildman–Crippen LogP) is 3.91. The number of nitrogens with zero attached hydrogens (tertiary/aromatic N) is 1. The number of ether oxygens (including phenoxy) is 2. The molecule has 2 aliphatic rings. The molecule has 31 heavy (non-hydrogen) atoms. The van der Waals surface area contributed by atoms with Crippen LogP contribution in [0.2, 0.25) is 10.0 Å². The average molecular weight is 488 g/mol. The zero-order valence-electron chi connectivity index (χ0n) is 17.1. The molecule has 0 bridgehead atoms. The van der Waals surface area contributed by atoms with Gasteiger partial charge in [-0.05, 0) is 30.5 Å². The van der Waals surface area contributed by atoms with Gasteiger partial charge in [-0.15, -0.1) is 11.8 Å². The average Bonchev–Trinajstić information content (AvgIpc) is 2.71. The summed E-state index contributed by atoms with van der Waals surface area (Å²) in [6.45, 7) is 3.49. The van der Waals surface area contributed by atoms with Gasteiger partial charge in [-0.25, -0.2) is 4.79 Å². The first-order valence-corrected chi connectivity index (χ1v) is 11.6. The van der Waals surface area contributed by atoms with Crippen LogP contribution in [-0.4, -0.2) is 57.8 Å². The Morgan fingerprint density at radius 1 is 1.26 bits per heavy atom. The number of rotatable bonds is 9. The summed E-state index contributed by atoms with van der Waals surface area (Å²) in [6, 6.07) is 5.21. The van der Waals surface area contributed by atoms with Crippen molar-refractivity contribution < 1.29 is 29.0 Å². The van der Waals surface area contributed by atoms with Gasteiger partial charge in [0, 0.05) is 24.4 Å². The van der Waals surface area contributed by atoms with Crippen molar-refractivity contribution in [2.75, 3.05) is 13.2 Å². The largest absolute Gasteiger partial charge is 0.477 e. The Labute approximate surface area is 194 Å². The molecule has 0 aliphatic carbocycles. The zero-order chi connectivity index (χ0) is 22.7. The van der Waals surface area contributed by atoms with E-state index in [1.54, 1.807) is 12.1 Å². The number of amides is 1. The Hall–Kier alpha value is -1.74. The number of fused-ring (bicyclic) bond motifs is 1. The molecule has 1 N–H and O–H groups in total. The third-order valence-electron chi connectivity index (χ3n) is 5.07. The van der Waals surface area contributed by atoms with E-state index in [0.717, 1.165) is 18.4 Å². The van der Waals surface area contributed by atoms with Crippen molar-refractivity contribution in [2.24, 2.45) is 0 Å². The van der Waals surface area contributed by atoms with Gasteiger partial charge in [0.2, 0.25) is 0 Å². The molecule has 1 fully saturated rings. The van der Waals surface area contributed by atoms with Crippen molar-refractivity contribution in [2.45, 2.75) is 49.8 Å². The number of aliphatic carboxylic acids is 1. The molecule has 2 heterocycles. The van der Waals surface area contributed by atoms with E-state index < -0.39 is 23.4 Å². The van der Waals surface area contributed by atoms with Crippen LogP contribution in [0.3, 0.4) is 0 Å². The Morgan fingerprint density at radius 3 is 2.61 bits per heavy atom. The van der Waals surface area contributed by atoms with Crippen LogP contribution in [0.25, 0.3) is 0 Å². The quantitative estimate of drug-likeness (QED) is 0.320. The Kier molecular flexibility index (Phi) is 7.91. The number of halogens is 2. The lowest BCUT2D eigenvalue weighted by Gasteiger charge is -2.51. The lowest BCUT2D eigenvalue weighted by atomic mass is 9.98. The van der Waals surface area contributed by atoms with Crippen molar-refractivity contribution in [1.82, 2.24) is 4.90 Å². The minimum absolute atomic E-state index is 0.143. The number of hydrogen-bond donors (Lipinski definition) is 1. The van der Waals surface area contributed by atoms with Crippen LogP contribution < -0.4 is 0 Å². The maximum absolute atomic E-state index is 12.7. The Morgan fingerprint density at radius 2 is 2.00 bits per heavy atom. The van der Waals surface area contributed by atoms with Crippen LogP contribution in [0.4, 0.5) is 0 Å². The van der Waals surface area contributed by atoms with Crippen molar-refractivity contribution in [3.8, 4) is 0 Å². The van der Waals surface area contributed by atoms with Crippen molar-refractivity contribution in [3.05, 3.63) is 45.1 Å². The lowest BCUT2D eigenvalue weighted by Crippen LogP contribution is -2.66. The van der Waals surface area contributed by atoms with Crippen LogP contribution in [0, 0.1) is 0 Å². The molecule has 1 unspecified atom stereocenters. The number of hydrogen-bond acceptors (Lipinski definition) is 6. The summed E-state index contributed by atoms with van der Waals surface area (Å²) in [5.41, 5.74) is 1.07. The molecule has 1 aromatic rings. The Balaban J connectivity index is 1.94. The molecule has 3 rings (SSSR count). The van der Waals surface area contributed by atoms with Crippen LogP contribution >= 0.6 is 35.0 Å². The topological polar surface area (TPSA) is 93.1 Å². The smallest absolute Gasteiger partial charge is 0.352 e. The number of carboxylic acid groups (broad SMARTS) is 1. The van der Waals surface area contributed by atoms with E-state index in [9.17, 15) is 19.5 Å². The maximum atomic E-state index is 12.7. The van der Waals surface area contributed by atoms with Crippen molar-refractivity contribution >= 4 is 52.8 Å². The minimum Gasteiger partial charge on any atom is -0.477 e. The van der Waals surface area contributed by atoms with E-state index in [1.165, 1.54) is 23.6 Å². The SMILES string of the molecule is CCCCO[C@H]1C(=O)N2C(C(=O)O)=C(COC(C)=O)C(Cc3ccc(Cl)c(Cl)c3)S[C@H]12. The number of esters is 1. The molecule has 1 aromatic carbocycles. The first kappa shape index (κ1) is 23.9. The van der Waals surface area contributed by atoms with Gasteiger partial charge in [0.25, 0.3) is 5.91 Å². The lowest BCUT2D eigenvalue weighted by molar-refractivity contribution is -0.165. The van der Waals surface area contributed by atoms with Gasteiger partial charge in [-0.2, -0.15) is 0 Å². The normalized spacial score (nSPS) is 22.8. The molecule has 7 nitrogen and oxygen atoms in total. The fourth-order valence-electron chi connectivity index (χ4n) is 3.51. The second kappa shape index (κ2) is 10.3. The van der Waals surface area contributed by atoms with E-state index in [2.05, 4.69) is 0 Å². The Bertz CT molecular complexity index is 921. The molecular weight excluding hydrogens is 465 g/mol. The first-order chi connectivity index (χ1) is 14.7. The highest BCUT2D eigenvalue weighted by Crippen LogP contribution is 2.46. The molecular formula is C21H23Cl2NO6S. The number of benzene rings is 1. The molecule has 0 saturated carbocycles. The van der Waals surface area contributed by atoms with Gasteiger partial charge in [0.15, 0.2) is 6.10 Å². The molecule has 168 valence electrons. The number of thioether (sulfide) groups is 1. The monoisotopic (exact) mass is 487 g/mol. The maximum Gasteiger partial charge on any atom is 0.352 e. The molecule has 10 heteroatoms. The summed E-state index contributed by atoms with van der Waals surface area (Å²) in [7, 11) is 0. The number of unbranched alkanes of at least 4 members (excludes halogenated alkanes) is 1. The molecule has 2 aliphatic heterocycles. The van der Waals surface area contributed by atoms with Gasteiger partial charge in [-0.1, -0.05) is 42.6 Å². The molecule has 1 amide bonds. The van der Waals surface area contributed by atoms with Crippen LogP contribution in [-0.2, 0) is 30.3 Å². The number of carbonyl (C=O) groups is 3. The van der Waals surface area contributed by atoms with Gasteiger partial charge in [0.05, 0.1) is 10.0 Å². The number of carboxylic acids is 1. The van der Waals surface area contributed by atoms with Crippen LogP contribution in [0.1, 0.15) is 32.3 Å². The summed E-state index contributed by atoms with van der Waals surface area (Å²) in [4.78, 5) is 37.5. The molecule has 0 radical (unpaired) electrons. The van der Waals surface area contributed by atoms with Crippen LogP contribution in [0.15, 0.2) is 29.5 Å². The summed E-state index contributed by atoms with van der Waals surface area (Å²) in [5.74, 6) is -2.17. The van der Waals surface area contributed by atoms with Crippen molar-refractivity contribution in [1.29, 1.82) is 0 Å². The third kappa shape index (κ3) is 5.19. The highest BCUT2D eigenvalue weighted by Gasteiger charge is 2.56. The van der Waals surface area contributed by atoms with E-state index in [4.69, 9.17) is 32.7 Å². The third-order valence-corrected chi connectivity index (χ3v) is 7.32. The molecule has 3 atom stereocenters. The number of carbonyl (C=O) groups excluding carboxylic acids is 2. The van der Waals surface area contributed by atoms with E-state index in [-0.39, 0.29) is 23.5 Å². The van der Waals surface area contributed by atoms with Gasteiger partial charge >= 0.3 is 11.9 Å². The molecule has 0 aromatic heterocycles. The van der Waals surface area contributed by atoms with Gasteiger partial charge in [-0.3, -0.25) is 14.5 Å². The summed E-state index contributed by atoms with van der Waals surface area (Å²) in [5, 5.41) is 9.90. The van der Waals surface area contributed by atoms with Gasteiger partial charge in [0.1, 0.15) is 17.7 Å². The van der Waals surface area contributed by atoms with Gasteiger partial charge < -0.3 is 14.6 Å².